The molecular weight excluding hydrogens is 332 g/mol. The summed E-state index contributed by atoms with van der Waals surface area (Å²) in [5, 5.41) is 0. The average Bonchev–Trinajstić information content (AvgIpc) is 2.45. The van der Waals surface area contributed by atoms with Crippen LogP contribution in [0.15, 0.2) is 13.6 Å². The third kappa shape index (κ3) is 4.40. The Bertz CT molecular complexity index is 276. The van der Waals surface area contributed by atoms with E-state index in [1.807, 2.05) is 6.92 Å². The van der Waals surface area contributed by atoms with Crippen LogP contribution in [0.3, 0.4) is 0 Å². The molecule has 0 saturated carbocycles. The fraction of sp³-hybridized carbons (Fsp3) is 0.556. The van der Waals surface area contributed by atoms with Crippen molar-refractivity contribution in [3.8, 4) is 0 Å². The number of rotatable bonds is 6. The molecule has 0 atom stereocenters. The zero-order chi connectivity index (χ0) is 10.4. The number of thiophene rings is 1. The first kappa shape index (κ1) is 12.6. The molecule has 0 spiro atoms. The highest BCUT2D eigenvalue weighted by atomic mass is 79.9. The van der Waals surface area contributed by atoms with Crippen LogP contribution in [-0.4, -0.2) is 19.8 Å². The first-order valence-corrected chi connectivity index (χ1v) is 6.73. The van der Waals surface area contributed by atoms with E-state index >= 15 is 0 Å². The molecule has 0 aliphatic heterocycles. The van der Waals surface area contributed by atoms with Crippen LogP contribution in [0.5, 0.6) is 0 Å². The van der Waals surface area contributed by atoms with Crippen molar-refractivity contribution in [2.75, 3.05) is 19.8 Å². The molecule has 2 nitrogen and oxygen atoms in total. The largest absolute Gasteiger partial charge is 0.379 e. The van der Waals surface area contributed by atoms with E-state index < -0.39 is 0 Å². The molecule has 0 fully saturated rings. The Balaban J connectivity index is 2.21. The summed E-state index contributed by atoms with van der Waals surface area (Å²) in [6.07, 6.45) is 0. The molecule has 0 N–H and O–H groups in total. The molecule has 0 aliphatic carbocycles. The second kappa shape index (κ2) is 6.95. The molecule has 0 saturated heterocycles. The number of halogens is 2. The van der Waals surface area contributed by atoms with Gasteiger partial charge in [0.25, 0.3) is 0 Å². The normalized spacial score (nSPS) is 10.8. The Morgan fingerprint density at radius 1 is 1.29 bits per heavy atom. The van der Waals surface area contributed by atoms with Gasteiger partial charge in [-0.05, 0) is 44.8 Å². The molecule has 5 heteroatoms. The molecule has 0 radical (unpaired) electrons. The van der Waals surface area contributed by atoms with Crippen LogP contribution in [0.2, 0.25) is 0 Å². The van der Waals surface area contributed by atoms with Gasteiger partial charge in [0.1, 0.15) is 0 Å². The molecule has 0 unspecified atom stereocenters. The zero-order valence-electron chi connectivity index (χ0n) is 7.89. The molecule has 0 bridgehead atoms. The van der Waals surface area contributed by atoms with Crippen LogP contribution in [0.1, 0.15) is 12.5 Å². The molecular formula is C9H12Br2O2S. The Morgan fingerprint density at radius 3 is 2.57 bits per heavy atom. The standard InChI is InChI=1S/C9H12Br2O2S/c1-2-12-3-4-13-6-7-5-8(10)14-9(7)11/h5H,2-4,6H2,1H3. The zero-order valence-corrected chi connectivity index (χ0v) is 11.9. The monoisotopic (exact) mass is 342 g/mol. The lowest BCUT2D eigenvalue weighted by Gasteiger charge is -2.03. The minimum absolute atomic E-state index is 0.635. The summed E-state index contributed by atoms with van der Waals surface area (Å²) in [6, 6.07) is 2.06. The van der Waals surface area contributed by atoms with Gasteiger partial charge in [0.2, 0.25) is 0 Å². The van der Waals surface area contributed by atoms with Gasteiger partial charge >= 0.3 is 0 Å². The van der Waals surface area contributed by atoms with E-state index in [1.54, 1.807) is 11.3 Å². The maximum atomic E-state index is 5.45. The second-order valence-electron chi connectivity index (χ2n) is 2.60. The van der Waals surface area contributed by atoms with Crippen LogP contribution in [0, 0.1) is 0 Å². The Kier molecular flexibility index (Phi) is 6.28. The molecule has 0 aliphatic rings. The van der Waals surface area contributed by atoms with Gasteiger partial charge in [-0.3, -0.25) is 0 Å². The molecule has 1 aromatic heterocycles. The maximum absolute atomic E-state index is 5.45. The van der Waals surface area contributed by atoms with Crippen molar-refractivity contribution in [2.24, 2.45) is 0 Å². The number of ether oxygens (including phenoxy) is 2. The molecule has 0 amide bonds. The van der Waals surface area contributed by atoms with E-state index in [2.05, 4.69) is 37.9 Å². The Morgan fingerprint density at radius 2 is 2.00 bits per heavy atom. The summed E-state index contributed by atoms with van der Waals surface area (Å²) in [5.41, 5.74) is 1.18. The first-order chi connectivity index (χ1) is 6.74. The third-order valence-corrected chi connectivity index (χ3v) is 4.02. The van der Waals surface area contributed by atoms with E-state index in [4.69, 9.17) is 9.47 Å². The lowest BCUT2D eigenvalue weighted by Crippen LogP contribution is -2.03. The minimum Gasteiger partial charge on any atom is -0.379 e. The van der Waals surface area contributed by atoms with E-state index in [9.17, 15) is 0 Å². The highest BCUT2D eigenvalue weighted by Gasteiger charge is 2.04. The van der Waals surface area contributed by atoms with Crippen molar-refractivity contribution in [1.29, 1.82) is 0 Å². The number of hydrogen-bond acceptors (Lipinski definition) is 3. The van der Waals surface area contributed by atoms with Crippen molar-refractivity contribution in [2.45, 2.75) is 13.5 Å². The van der Waals surface area contributed by atoms with Crippen LogP contribution in [0.25, 0.3) is 0 Å². The molecule has 1 rings (SSSR count). The van der Waals surface area contributed by atoms with Gasteiger partial charge < -0.3 is 9.47 Å². The maximum Gasteiger partial charge on any atom is 0.0765 e. The lowest BCUT2D eigenvalue weighted by atomic mass is 10.4. The van der Waals surface area contributed by atoms with Crippen molar-refractivity contribution >= 4 is 43.2 Å². The number of hydrogen-bond donors (Lipinski definition) is 0. The van der Waals surface area contributed by atoms with Gasteiger partial charge in [0.15, 0.2) is 0 Å². The van der Waals surface area contributed by atoms with Crippen molar-refractivity contribution in [3.05, 3.63) is 19.2 Å². The van der Waals surface area contributed by atoms with Crippen LogP contribution in [0.4, 0.5) is 0 Å². The van der Waals surface area contributed by atoms with E-state index in [-0.39, 0.29) is 0 Å². The minimum atomic E-state index is 0.635. The third-order valence-electron chi connectivity index (χ3n) is 1.56. The quantitative estimate of drug-likeness (QED) is 0.731. The smallest absolute Gasteiger partial charge is 0.0765 e. The van der Waals surface area contributed by atoms with Gasteiger partial charge in [-0.15, -0.1) is 11.3 Å². The van der Waals surface area contributed by atoms with Crippen LogP contribution < -0.4 is 0 Å². The van der Waals surface area contributed by atoms with Gasteiger partial charge in [-0.1, -0.05) is 0 Å². The average molecular weight is 344 g/mol. The highest BCUT2D eigenvalue weighted by molar-refractivity contribution is 9.12. The van der Waals surface area contributed by atoms with Crippen LogP contribution in [-0.2, 0) is 16.1 Å². The van der Waals surface area contributed by atoms with E-state index in [0.29, 0.717) is 19.8 Å². The molecule has 14 heavy (non-hydrogen) atoms. The first-order valence-electron chi connectivity index (χ1n) is 4.33. The topological polar surface area (TPSA) is 18.5 Å². The van der Waals surface area contributed by atoms with Crippen LogP contribution >= 0.6 is 43.2 Å². The van der Waals surface area contributed by atoms with E-state index in [0.717, 1.165) is 14.2 Å². The Labute approximate surface area is 105 Å². The summed E-state index contributed by atoms with van der Waals surface area (Å²) in [6.45, 7) is 4.67. The predicted octanol–water partition coefficient (Wildman–Crippen LogP) is 3.83. The van der Waals surface area contributed by atoms with Gasteiger partial charge in [0.05, 0.1) is 27.4 Å². The SMILES string of the molecule is CCOCCOCc1cc(Br)sc1Br. The fourth-order valence-corrected chi connectivity index (χ4v) is 3.70. The van der Waals surface area contributed by atoms with Gasteiger partial charge in [-0.25, -0.2) is 0 Å². The second-order valence-corrected chi connectivity index (χ2v) is 6.35. The van der Waals surface area contributed by atoms with Gasteiger partial charge in [0, 0.05) is 12.2 Å². The molecule has 1 aromatic rings. The van der Waals surface area contributed by atoms with E-state index in [1.165, 1.54) is 5.56 Å². The van der Waals surface area contributed by atoms with Gasteiger partial charge in [-0.2, -0.15) is 0 Å². The summed E-state index contributed by atoms with van der Waals surface area (Å²) in [4.78, 5) is 0. The van der Waals surface area contributed by atoms with Crippen molar-refractivity contribution in [1.82, 2.24) is 0 Å². The summed E-state index contributed by atoms with van der Waals surface area (Å²) >= 11 is 8.56. The van der Waals surface area contributed by atoms with Crippen molar-refractivity contribution < 1.29 is 9.47 Å². The van der Waals surface area contributed by atoms with Crippen molar-refractivity contribution in [3.63, 3.8) is 0 Å². The highest BCUT2D eigenvalue weighted by Crippen LogP contribution is 2.32. The predicted molar refractivity (Wildman–Crippen MR) is 65.9 cm³/mol. The lowest BCUT2D eigenvalue weighted by molar-refractivity contribution is 0.0452. The summed E-state index contributed by atoms with van der Waals surface area (Å²) < 4.78 is 12.9. The Hall–Kier alpha value is 0.580. The fourth-order valence-electron chi connectivity index (χ4n) is 0.917. The summed E-state index contributed by atoms with van der Waals surface area (Å²) in [7, 11) is 0. The molecule has 80 valence electrons. The molecule has 1 heterocycles. The summed E-state index contributed by atoms with van der Waals surface area (Å²) in [5.74, 6) is 0. The molecule has 0 aromatic carbocycles.